The van der Waals surface area contributed by atoms with Gasteiger partial charge in [-0.05, 0) is 18.6 Å². The molecule has 1 nitrogen and oxygen atoms in total. The molecule has 0 radical (unpaired) electrons. The van der Waals surface area contributed by atoms with Gasteiger partial charge in [0.25, 0.3) is 0 Å². The largest absolute Gasteiger partial charge is 0.212 e. The summed E-state index contributed by atoms with van der Waals surface area (Å²) >= 11 is 0. The lowest BCUT2D eigenvalue weighted by molar-refractivity contribution is -0.667. The molecule has 2 aromatic rings. The van der Waals surface area contributed by atoms with E-state index in [1.165, 1.54) is 16.5 Å². The fraction of sp³-hybridized carbons (Fsp3) is 0.312. The molecule has 0 amide bonds. The van der Waals surface area contributed by atoms with Crippen molar-refractivity contribution >= 4 is 10.9 Å². The van der Waals surface area contributed by atoms with Crippen molar-refractivity contribution in [3.63, 3.8) is 0 Å². The first-order valence-electron chi connectivity index (χ1n) is 6.15. The normalized spacial score (nSPS) is 11.7. The molecular formula is C16H20N+. The lowest BCUT2D eigenvalue weighted by Gasteiger charge is -2.21. The van der Waals surface area contributed by atoms with Gasteiger partial charge in [0.05, 0.1) is 5.39 Å². The van der Waals surface area contributed by atoms with Crippen LogP contribution in [0.15, 0.2) is 49.2 Å². The Morgan fingerprint density at radius 3 is 2.59 bits per heavy atom. The van der Waals surface area contributed by atoms with Crippen LogP contribution >= 0.6 is 0 Å². The number of aromatic nitrogens is 1. The molecule has 1 aromatic carbocycles. The van der Waals surface area contributed by atoms with Crippen molar-refractivity contribution < 1.29 is 4.57 Å². The van der Waals surface area contributed by atoms with Gasteiger partial charge in [-0.2, -0.15) is 4.57 Å². The molecule has 1 heteroatoms. The Morgan fingerprint density at radius 1 is 1.24 bits per heavy atom. The summed E-state index contributed by atoms with van der Waals surface area (Å²) in [6.07, 6.45) is 4.19. The van der Waals surface area contributed by atoms with E-state index in [0.717, 1.165) is 6.54 Å². The SMILES string of the molecule is C=CC(C)(C)c1cc[n+](CC)c2ccccc12. The van der Waals surface area contributed by atoms with Crippen molar-refractivity contribution in [3.05, 3.63) is 54.7 Å². The Bertz CT molecular complexity index is 552. The Morgan fingerprint density at radius 2 is 1.94 bits per heavy atom. The molecule has 0 saturated carbocycles. The number of para-hydroxylation sites is 1. The van der Waals surface area contributed by atoms with Gasteiger partial charge in [0.1, 0.15) is 6.54 Å². The first-order chi connectivity index (χ1) is 8.10. The standard InChI is InChI=1S/C16H20N/c1-5-16(3,4)14-11-12-17(6-2)15-10-8-7-9-13(14)15/h5,7-12H,1,6H2,2-4H3/q+1. The lowest BCUT2D eigenvalue weighted by Crippen LogP contribution is -2.33. The Balaban J connectivity index is 2.80. The molecule has 0 saturated heterocycles. The molecule has 2 rings (SSSR count). The average Bonchev–Trinajstić information content (AvgIpc) is 2.37. The average molecular weight is 226 g/mol. The summed E-state index contributed by atoms with van der Waals surface area (Å²) in [5, 5.41) is 1.32. The molecule has 0 aliphatic heterocycles. The van der Waals surface area contributed by atoms with E-state index in [2.05, 4.69) is 68.4 Å². The highest BCUT2D eigenvalue weighted by Gasteiger charge is 2.22. The predicted octanol–water partition coefficient (Wildman–Crippen LogP) is 3.61. The molecule has 0 fully saturated rings. The maximum absolute atomic E-state index is 3.95. The highest BCUT2D eigenvalue weighted by Crippen LogP contribution is 2.29. The Kier molecular flexibility index (Phi) is 3.01. The lowest BCUT2D eigenvalue weighted by atomic mass is 9.83. The second kappa shape index (κ2) is 4.33. The summed E-state index contributed by atoms with van der Waals surface area (Å²) in [4.78, 5) is 0. The zero-order chi connectivity index (χ0) is 12.5. The third-order valence-electron chi connectivity index (χ3n) is 3.47. The van der Waals surface area contributed by atoms with E-state index in [0.29, 0.717) is 0 Å². The van der Waals surface area contributed by atoms with Gasteiger partial charge in [-0.15, -0.1) is 6.58 Å². The third-order valence-corrected chi connectivity index (χ3v) is 3.47. The summed E-state index contributed by atoms with van der Waals surface area (Å²) < 4.78 is 2.28. The third kappa shape index (κ3) is 1.97. The van der Waals surface area contributed by atoms with E-state index in [9.17, 15) is 0 Å². The maximum Gasteiger partial charge on any atom is 0.212 e. The summed E-state index contributed by atoms with van der Waals surface area (Å²) in [7, 11) is 0. The van der Waals surface area contributed by atoms with E-state index in [1.54, 1.807) is 0 Å². The zero-order valence-electron chi connectivity index (χ0n) is 10.9. The van der Waals surface area contributed by atoms with Crippen LogP contribution in [-0.4, -0.2) is 0 Å². The zero-order valence-corrected chi connectivity index (χ0v) is 10.9. The monoisotopic (exact) mass is 226 g/mol. The van der Waals surface area contributed by atoms with Crippen LogP contribution in [0.3, 0.4) is 0 Å². The van der Waals surface area contributed by atoms with Gasteiger partial charge in [-0.3, -0.25) is 0 Å². The number of hydrogen-bond acceptors (Lipinski definition) is 0. The van der Waals surface area contributed by atoms with Crippen LogP contribution in [0.2, 0.25) is 0 Å². The van der Waals surface area contributed by atoms with E-state index in [1.807, 2.05) is 6.08 Å². The number of nitrogens with zero attached hydrogens (tertiary/aromatic N) is 1. The molecule has 0 bridgehead atoms. The number of pyridine rings is 1. The fourth-order valence-electron chi connectivity index (χ4n) is 2.23. The maximum atomic E-state index is 3.95. The van der Waals surface area contributed by atoms with E-state index in [-0.39, 0.29) is 5.41 Å². The highest BCUT2D eigenvalue weighted by atomic mass is 14.9. The van der Waals surface area contributed by atoms with Gasteiger partial charge in [-0.25, -0.2) is 0 Å². The predicted molar refractivity (Wildman–Crippen MR) is 73.0 cm³/mol. The van der Waals surface area contributed by atoms with Crippen molar-refractivity contribution in [2.75, 3.05) is 0 Å². The van der Waals surface area contributed by atoms with Crippen LogP contribution in [0.5, 0.6) is 0 Å². The topological polar surface area (TPSA) is 3.88 Å². The van der Waals surface area contributed by atoms with Crippen LogP contribution in [-0.2, 0) is 12.0 Å². The van der Waals surface area contributed by atoms with E-state index in [4.69, 9.17) is 0 Å². The molecule has 0 aliphatic rings. The van der Waals surface area contributed by atoms with Crippen LogP contribution < -0.4 is 4.57 Å². The van der Waals surface area contributed by atoms with Gasteiger partial charge < -0.3 is 0 Å². The van der Waals surface area contributed by atoms with Crippen LogP contribution in [0.4, 0.5) is 0 Å². The molecular weight excluding hydrogens is 206 g/mol. The summed E-state index contributed by atoms with van der Waals surface area (Å²) in [6, 6.07) is 10.8. The molecule has 0 N–H and O–H groups in total. The van der Waals surface area contributed by atoms with Crippen molar-refractivity contribution in [1.82, 2.24) is 0 Å². The molecule has 0 atom stereocenters. The number of allylic oxidation sites excluding steroid dienone is 1. The van der Waals surface area contributed by atoms with Crippen molar-refractivity contribution in [2.45, 2.75) is 32.7 Å². The van der Waals surface area contributed by atoms with Gasteiger partial charge in [0.2, 0.25) is 5.52 Å². The quantitative estimate of drug-likeness (QED) is 0.556. The number of fused-ring (bicyclic) bond motifs is 1. The molecule has 1 aromatic heterocycles. The van der Waals surface area contributed by atoms with Crippen molar-refractivity contribution in [3.8, 4) is 0 Å². The highest BCUT2D eigenvalue weighted by molar-refractivity contribution is 5.80. The first-order valence-corrected chi connectivity index (χ1v) is 6.15. The van der Waals surface area contributed by atoms with Gasteiger partial charge in [-0.1, -0.05) is 32.1 Å². The number of benzene rings is 1. The minimum atomic E-state index is 0.00638. The number of hydrogen-bond donors (Lipinski definition) is 0. The van der Waals surface area contributed by atoms with Crippen LogP contribution in [0, 0.1) is 0 Å². The second-order valence-corrected chi connectivity index (χ2v) is 4.96. The molecule has 0 unspecified atom stereocenters. The molecule has 88 valence electrons. The van der Waals surface area contributed by atoms with Gasteiger partial charge >= 0.3 is 0 Å². The van der Waals surface area contributed by atoms with E-state index >= 15 is 0 Å². The molecule has 0 aliphatic carbocycles. The number of rotatable bonds is 3. The Hall–Kier alpha value is -1.63. The molecule has 1 heterocycles. The second-order valence-electron chi connectivity index (χ2n) is 4.96. The van der Waals surface area contributed by atoms with Crippen molar-refractivity contribution in [2.24, 2.45) is 0 Å². The van der Waals surface area contributed by atoms with Crippen molar-refractivity contribution in [1.29, 1.82) is 0 Å². The summed E-state index contributed by atoms with van der Waals surface area (Å²) in [5.74, 6) is 0. The molecule has 0 spiro atoms. The smallest absolute Gasteiger partial charge is 0.199 e. The summed E-state index contributed by atoms with van der Waals surface area (Å²) in [5.41, 5.74) is 2.64. The Labute approximate surface area is 103 Å². The first kappa shape index (κ1) is 11.8. The minimum absolute atomic E-state index is 0.00638. The fourth-order valence-corrected chi connectivity index (χ4v) is 2.23. The van der Waals surface area contributed by atoms with Crippen LogP contribution in [0.1, 0.15) is 26.3 Å². The number of aryl methyl sites for hydroxylation is 1. The van der Waals surface area contributed by atoms with Crippen LogP contribution in [0.25, 0.3) is 10.9 Å². The van der Waals surface area contributed by atoms with Gasteiger partial charge in [0.15, 0.2) is 6.20 Å². The molecule has 17 heavy (non-hydrogen) atoms. The summed E-state index contributed by atoms with van der Waals surface area (Å²) in [6.45, 7) is 11.5. The minimum Gasteiger partial charge on any atom is -0.199 e. The van der Waals surface area contributed by atoms with E-state index < -0.39 is 0 Å². The van der Waals surface area contributed by atoms with Gasteiger partial charge in [0, 0.05) is 17.5 Å².